The van der Waals surface area contributed by atoms with E-state index in [0.29, 0.717) is 32.3 Å². The quantitative estimate of drug-likeness (QED) is 0.549. The number of hydrogen-bond acceptors (Lipinski definition) is 5. The largest absolute Gasteiger partial charge is 0.508 e. The lowest BCUT2D eigenvalue weighted by atomic mass is 10.1. The molecule has 2 rings (SSSR count). The SMILES string of the molecule is Oc1ccc(C=Cc2cnc(OCCOCCOCCF)c(Br)c2)cc1. The highest BCUT2D eigenvalue weighted by Gasteiger charge is 2.03. The van der Waals surface area contributed by atoms with Crippen LogP contribution in [0.2, 0.25) is 0 Å². The number of benzene rings is 1. The number of ether oxygens (including phenoxy) is 3. The third kappa shape index (κ3) is 7.51. The van der Waals surface area contributed by atoms with Crippen molar-refractivity contribution < 1.29 is 23.7 Å². The van der Waals surface area contributed by atoms with Crippen molar-refractivity contribution in [2.24, 2.45) is 0 Å². The van der Waals surface area contributed by atoms with E-state index in [2.05, 4.69) is 20.9 Å². The number of hydrogen-bond donors (Lipinski definition) is 1. The zero-order valence-corrected chi connectivity index (χ0v) is 15.8. The summed E-state index contributed by atoms with van der Waals surface area (Å²) < 4.78 is 28.4. The summed E-state index contributed by atoms with van der Waals surface area (Å²) >= 11 is 3.44. The molecule has 2 aromatic rings. The third-order valence-corrected chi connectivity index (χ3v) is 3.82. The molecule has 5 nitrogen and oxygen atoms in total. The molecule has 0 bridgehead atoms. The molecule has 0 radical (unpaired) electrons. The van der Waals surface area contributed by atoms with Crippen molar-refractivity contribution in [1.82, 2.24) is 4.98 Å². The molecule has 1 aromatic carbocycles. The summed E-state index contributed by atoms with van der Waals surface area (Å²) in [6, 6.07) is 8.84. The minimum atomic E-state index is -0.483. The van der Waals surface area contributed by atoms with Crippen LogP contribution in [0.15, 0.2) is 41.0 Å². The lowest BCUT2D eigenvalue weighted by molar-refractivity contribution is 0.0319. The van der Waals surface area contributed by atoms with E-state index in [1.807, 2.05) is 30.4 Å². The van der Waals surface area contributed by atoms with Gasteiger partial charge in [-0.2, -0.15) is 0 Å². The average molecular weight is 426 g/mol. The normalized spacial score (nSPS) is 11.2. The van der Waals surface area contributed by atoms with Crippen LogP contribution in [0, 0.1) is 0 Å². The second kappa shape index (κ2) is 11.6. The van der Waals surface area contributed by atoms with Crippen molar-refractivity contribution in [3.8, 4) is 11.6 Å². The zero-order chi connectivity index (χ0) is 18.6. The van der Waals surface area contributed by atoms with Gasteiger partial charge in [0.25, 0.3) is 0 Å². The molecule has 0 aliphatic carbocycles. The van der Waals surface area contributed by atoms with Crippen LogP contribution in [0.1, 0.15) is 11.1 Å². The molecule has 0 spiro atoms. The number of aromatic nitrogens is 1. The van der Waals surface area contributed by atoms with Crippen LogP contribution in [0.4, 0.5) is 4.39 Å². The van der Waals surface area contributed by atoms with Crippen molar-refractivity contribution >= 4 is 28.1 Å². The zero-order valence-electron chi connectivity index (χ0n) is 14.2. The monoisotopic (exact) mass is 425 g/mol. The van der Waals surface area contributed by atoms with Gasteiger partial charge in [0.05, 0.1) is 30.9 Å². The summed E-state index contributed by atoms with van der Waals surface area (Å²) in [6.45, 7) is 1.15. The molecule has 0 aliphatic heterocycles. The molecule has 26 heavy (non-hydrogen) atoms. The van der Waals surface area contributed by atoms with Gasteiger partial charge < -0.3 is 19.3 Å². The first-order valence-electron chi connectivity index (χ1n) is 8.16. The Morgan fingerprint density at radius 2 is 1.62 bits per heavy atom. The molecule has 0 saturated carbocycles. The van der Waals surface area contributed by atoms with E-state index in [1.165, 1.54) is 0 Å². The number of alkyl halides is 1. The molecule has 0 unspecified atom stereocenters. The molecular weight excluding hydrogens is 405 g/mol. The highest BCUT2D eigenvalue weighted by Crippen LogP contribution is 2.24. The molecule has 0 fully saturated rings. The van der Waals surface area contributed by atoms with Gasteiger partial charge in [-0.25, -0.2) is 9.37 Å². The minimum absolute atomic E-state index is 0.101. The Kier molecular flexibility index (Phi) is 9.09. The first kappa shape index (κ1) is 20.4. The molecule has 0 aliphatic rings. The number of nitrogens with zero attached hydrogens (tertiary/aromatic N) is 1. The highest BCUT2D eigenvalue weighted by atomic mass is 79.9. The molecule has 0 saturated heterocycles. The maximum atomic E-state index is 11.8. The molecule has 1 heterocycles. The van der Waals surface area contributed by atoms with Crippen LogP contribution >= 0.6 is 15.9 Å². The van der Waals surface area contributed by atoms with Gasteiger partial charge in [0.1, 0.15) is 19.0 Å². The number of phenolic OH excluding ortho intramolecular Hbond substituents is 1. The van der Waals surface area contributed by atoms with E-state index in [0.717, 1.165) is 15.6 Å². The fourth-order valence-corrected chi connectivity index (χ4v) is 2.47. The van der Waals surface area contributed by atoms with Crippen molar-refractivity contribution in [2.75, 3.05) is 39.7 Å². The first-order chi connectivity index (χ1) is 12.7. The second-order valence-corrected chi connectivity index (χ2v) is 6.10. The lowest BCUT2D eigenvalue weighted by Crippen LogP contribution is -2.12. The standard InChI is InChI=1S/C19H21BrFNO4/c20-18-13-16(2-1-15-3-5-17(23)6-4-15)14-22-19(18)26-12-11-25-10-9-24-8-7-21/h1-6,13-14,23H,7-12H2. The molecular formula is C19H21BrFNO4. The molecule has 140 valence electrons. The van der Waals surface area contributed by atoms with E-state index in [-0.39, 0.29) is 12.4 Å². The number of phenols is 1. The lowest BCUT2D eigenvalue weighted by Gasteiger charge is -2.08. The fraction of sp³-hybridized carbons (Fsp3) is 0.316. The van der Waals surface area contributed by atoms with Crippen molar-refractivity contribution in [3.63, 3.8) is 0 Å². The highest BCUT2D eigenvalue weighted by molar-refractivity contribution is 9.10. The van der Waals surface area contributed by atoms with Gasteiger partial charge in [-0.3, -0.25) is 0 Å². The van der Waals surface area contributed by atoms with E-state index in [9.17, 15) is 9.50 Å². The maximum absolute atomic E-state index is 11.8. The van der Waals surface area contributed by atoms with Crippen LogP contribution in [-0.4, -0.2) is 49.8 Å². The van der Waals surface area contributed by atoms with Gasteiger partial charge in [0.2, 0.25) is 5.88 Å². The number of halogens is 2. The average Bonchev–Trinajstić information content (AvgIpc) is 2.65. The molecule has 1 N–H and O–H groups in total. The van der Waals surface area contributed by atoms with E-state index in [1.54, 1.807) is 18.3 Å². The van der Waals surface area contributed by atoms with Gasteiger partial charge in [-0.1, -0.05) is 24.3 Å². The Balaban J connectivity index is 1.75. The van der Waals surface area contributed by atoms with Crippen LogP contribution in [0.3, 0.4) is 0 Å². The minimum Gasteiger partial charge on any atom is -0.508 e. The first-order valence-corrected chi connectivity index (χ1v) is 8.95. The predicted molar refractivity (Wildman–Crippen MR) is 102 cm³/mol. The van der Waals surface area contributed by atoms with Gasteiger partial charge >= 0.3 is 0 Å². The van der Waals surface area contributed by atoms with E-state index >= 15 is 0 Å². The van der Waals surface area contributed by atoms with Crippen molar-refractivity contribution in [1.29, 1.82) is 0 Å². The van der Waals surface area contributed by atoms with Gasteiger partial charge in [-0.15, -0.1) is 0 Å². The molecule has 0 atom stereocenters. The summed E-state index contributed by atoms with van der Waals surface area (Å²) in [4.78, 5) is 4.28. The van der Waals surface area contributed by atoms with Gasteiger partial charge in [-0.05, 0) is 45.3 Å². The van der Waals surface area contributed by atoms with E-state index in [4.69, 9.17) is 14.2 Å². The summed E-state index contributed by atoms with van der Waals surface area (Å²) in [7, 11) is 0. The Labute approximate surface area is 160 Å². The number of rotatable bonds is 11. The van der Waals surface area contributed by atoms with Crippen LogP contribution < -0.4 is 4.74 Å². The Morgan fingerprint density at radius 1 is 0.962 bits per heavy atom. The summed E-state index contributed by atoms with van der Waals surface area (Å²) in [5.41, 5.74) is 1.89. The predicted octanol–water partition coefficient (Wildman–Crippen LogP) is 4.10. The van der Waals surface area contributed by atoms with Crippen LogP contribution in [0.5, 0.6) is 11.6 Å². The summed E-state index contributed by atoms with van der Waals surface area (Å²) in [5, 5.41) is 9.28. The Morgan fingerprint density at radius 3 is 2.31 bits per heavy atom. The Hall–Kier alpha value is -1.96. The summed E-state index contributed by atoms with van der Waals surface area (Å²) in [6.07, 6.45) is 5.57. The van der Waals surface area contributed by atoms with E-state index < -0.39 is 6.67 Å². The molecule has 1 aromatic heterocycles. The maximum Gasteiger partial charge on any atom is 0.228 e. The molecule has 7 heteroatoms. The van der Waals surface area contributed by atoms with Crippen molar-refractivity contribution in [3.05, 3.63) is 52.1 Å². The topological polar surface area (TPSA) is 60.8 Å². The van der Waals surface area contributed by atoms with Gasteiger partial charge in [0.15, 0.2) is 0 Å². The Bertz CT molecular complexity index is 694. The molecule has 0 amide bonds. The van der Waals surface area contributed by atoms with Crippen molar-refractivity contribution in [2.45, 2.75) is 0 Å². The van der Waals surface area contributed by atoms with Gasteiger partial charge in [0, 0.05) is 6.20 Å². The second-order valence-electron chi connectivity index (χ2n) is 5.24. The third-order valence-electron chi connectivity index (χ3n) is 3.25. The number of pyridine rings is 1. The van der Waals surface area contributed by atoms with Crippen LogP contribution in [0.25, 0.3) is 12.2 Å². The number of aromatic hydroxyl groups is 1. The smallest absolute Gasteiger partial charge is 0.228 e. The summed E-state index contributed by atoms with van der Waals surface area (Å²) in [5.74, 6) is 0.730. The van der Waals surface area contributed by atoms with Crippen LogP contribution in [-0.2, 0) is 9.47 Å². The fourth-order valence-electron chi connectivity index (χ4n) is 1.99.